The van der Waals surface area contributed by atoms with E-state index in [2.05, 4.69) is 11.2 Å². The van der Waals surface area contributed by atoms with Gasteiger partial charge < -0.3 is 24.6 Å². The average Bonchev–Trinajstić information content (AvgIpc) is 2.64. The Balaban J connectivity index is 2.74. The summed E-state index contributed by atoms with van der Waals surface area (Å²) in [5.41, 5.74) is 0.407. The number of halogens is 1. The van der Waals surface area contributed by atoms with Crippen molar-refractivity contribution in [1.29, 1.82) is 0 Å². The van der Waals surface area contributed by atoms with Crippen LogP contribution >= 0.6 is 11.6 Å². The van der Waals surface area contributed by atoms with Crippen molar-refractivity contribution in [3.63, 3.8) is 0 Å². The van der Waals surface area contributed by atoms with Crippen molar-refractivity contribution in [2.45, 2.75) is 19.4 Å². The van der Waals surface area contributed by atoms with Crippen LogP contribution in [0.5, 0.6) is 0 Å². The predicted molar refractivity (Wildman–Crippen MR) is 101 cm³/mol. The lowest BCUT2D eigenvalue weighted by molar-refractivity contribution is -0.144. The Morgan fingerprint density at radius 2 is 1.93 bits per heavy atom. The molecule has 148 valence electrons. The molecule has 0 aromatic heterocycles. The second kappa shape index (κ2) is 13.1. The molecule has 0 unspecified atom stereocenters. The fraction of sp³-hybridized carbons (Fsp3) is 0.474. The van der Waals surface area contributed by atoms with E-state index >= 15 is 0 Å². The zero-order chi connectivity index (χ0) is 20.1. The second-order valence-corrected chi connectivity index (χ2v) is 6.09. The van der Waals surface area contributed by atoms with Gasteiger partial charge in [-0.1, -0.05) is 17.5 Å². The zero-order valence-corrected chi connectivity index (χ0v) is 15.9. The Morgan fingerprint density at radius 3 is 2.52 bits per heavy atom. The van der Waals surface area contributed by atoms with Crippen LogP contribution in [0.15, 0.2) is 24.3 Å². The molecule has 7 nitrogen and oxygen atoms in total. The number of nitrogens with one attached hydrogen (secondary N) is 1. The van der Waals surface area contributed by atoms with Gasteiger partial charge >= 0.3 is 5.97 Å². The molecule has 0 aliphatic heterocycles. The number of rotatable bonds is 13. The van der Waals surface area contributed by atoms with Crippen molar-refractivity contribution in [2.75, 3.05) is 33.2 Å². The molecule has 8 heteroatoms. The minimum absolute atomic E-state index is 0.0203. The summed E-state index contributed by atoms with van der Waals surface area (Å²) >= 11 is 5.83. The van der Waals surface area contributed by atoms with Gasteiger partial charge in [0.05, 0.1) is 25.2 Å². The van der Waals surface area contributed by atoms with Crippen LogP contribution in [0, 0.1) is 18.3 Å². The van der Waals surface area contributed by atoms with E-state index in [9.17, 15) is 14.7 Å². The molecule has 0 radical (unpaired) electrons. The molecular weight excluding hydrogens is 374 g/mol. The Morgan fingerprint density at radius 1 is 1.22 bits per heavy atom. The molecule has 0 fully saturated rings. The lowest BCUT2D eigenvalue weighted by atomic mass is 10.0. The van der Waals surface area contributed by atoms with Gasteiger partial charge in [-0.05, 0) is 37.6 Å². The van der Waals surface area contributed by atoms with Gasteiger partial charge in [0, 0.05) is 17.2 Å². The monoisotopic (exact) mass is 397 g/mol. The van der Waals surface area contributed by atoms with Gasteiger partial charge in [0.25, 0.3) is 5.91 Å². The number of carbonyl (C=O) groups is 2. The summed E-state index contributed by atoms with van der Waals surface area (Å²) in [7, 11) is 0. The van der Waals surface area contributed by atoms with Crippen molar-refractivity contribution >= 4 is 23.5 Å². The van der Waals surface area contributed by atoms with Crippen LogP contribution in [0.2, 0.25) is 5.02 Å². The maximum atomic E-state index is 12.4. The van der Waals surface area contributed by atoms with E-state index in [0.29, 0.717) is 17.2 Å². The second-order valence-electron chi connectivity index (χ2n) is 5.65. The zero-order valence-electron chi connectivity index (χ0n) is 15.2. The van der Waals surface area contributed by atoms with E-state index in [1.165, 1.54) is 0 Å². The molecule has 1 aromatic carbocycles. The van der Waals surface area contributed by atoms with Crippen molar-refractivity contribution < 1.29 is 28.9 Å². The molecule has 1 amide bonds. The van der Waals surface area contributed by atoms with Crippen LogP contribution in [-0.4, -0.2) is 56.2 Å². The number of carboxylic acid groups (broad SMARTS) is 1. The molecule has 1 aromatic rings. The third-order valence-corrected chi connectivity index (χ3v) is 3.81. The van der Waals surface area contributed by atoms with Crippen molar-refractivity contribution in [3.05, 3.63) is 34.9 Å². The standard InChI is InChI=1S/C19H24ClNO6/c1-3-9-26-11-15(19(23)24)10-17(12-27-13-25-4-2)21-18(22)14-5-7-16(20)8-6-14/h1,5-8,15,17H,4,9-13H2,2H3,(H,21,22)(H,23,24)/t15-,17+/m1/s1. The summed E-state index contributed by atoms with van der Waals surface area (Å²) in [6.07, 6.45) is 5.22. The van der Waals surface area contributed by atoms with Crippen LogP contribution in [0.25, 0.3) is 0 Å². The lowest BCUT2D eigenvalue weighted by Gasteiger charge is -2.22. The maximum Gasteiger partial charge on any atom is 0.308 e. The summed E-state index contributed by atoms with van der Waals surface area (Å²) in [5, 5.41) is 12.7. The number of carbonyl (C=O) groups excluding carboxylic acids is 1. The number of hydrogen-bond donors (Lipinski definition) is 2. The third-order valence-electron chi connectivity index (χ3n) is 3.55. The fourth-order valence-corrected chi connectivity index (χ4v) is 2.34. The molecule has 0 heterocycles. The van der Waals surface area contributed by atoms with E-state index in [1.807, 2.05) is 6.92 Å². The highest BCUT2D eigenvalue weighted by atomic mass is 35.5. The predicted octanol–water partition coefficient (Wildman–Crippen LogP) is 2.19. The molecular formula is C19H24ClNO6. The summed E-state index contributed by atoms with van der Waals surface area (Å²) in [6.45, 7) is 2.42. The molecule has 0 saturated heterocycles. The molecule has 2 N–H and O–H groups in total. The van der Waals surface area contributed by atoms with Crippen molar-refractivity contribution in [3.8, 4) is 12.3 Å². The molecule has 0 saturated carbocycles. The van der Waals surface area contributed by atoms with Crippen LogP contribution in [0.4, 0.5) is 0 Å². The molecule has 1 rings (SSSR count). The average molecular weight is 398 g/mol. The fourth-order valence-electron chi connectivity index (χ4n) is 2.21. The first-order valence-corrected chi connectivity index (χ1v) is 8.81. The molecule has 0 aliphatic rings. The van der Waals surface area contributed by atoms with Crippen LogP contribution < -0.4 is 5.32 Å². The van der Waals surface area contributed by atoms with E-state index in [-0.39, 0.29) is 38.9 Å². The van der Waals surface area contributed by atoms with E-state index in [1.54, 1.807) is 24.3 Å². The Hall–Kier alpha value is -2.11. The molecule has 0 spiro atoms. The van der Waals surface area contributed by atoms with E-state index in [0.717, 1.165) is 0 Å². The lowest BCUT2D eigenvalue weighted by Crippen LogP contribution is -2.41. The maximum absolute atomic E-state index is 12.4. The van der Waals surface area contributed by atoms with Gasteiger partial charge in [-0.25, -0.2) is 0 Å². The number of aliphatic carboxylic acids is 1. The number of amides is 1. The van der Waals surface area contributed by atoms with Crippen LogP contribution in [0.3, 0.4) is 0 Å². The Bertz CT molecular complexity index is 628. The highest BCUT2D eigenvalue weighted by molar-refractivity contribution is 6.30. The first-order chi connectivity index (χ1) is 13.0. The number of hydrogen-bond acceptors (Lipinski definition) is 5. The molecule has 0 aliphatic carbocycles. The van der Waals surface area contributed by atoms with E-state index in [4.69, 9.17) is 32.2 Å². The van der Waals surface area contributed by atoms with Crippen molar-refractivity contribution in [1.82, 2.24) is 5.32 Å². The summed E-state index contributed by atoms with van der Waals surface area (Å²) in [6, 6.07) is 5.82. The number of carboxylic acids is 1. The van der Waals surface area contributed by atoms with Gasteiger partial charge in [-0.3, -0.25) is 9.59 Å². The Labute approximate surface area is 163 Å². The van der Waals surface area contributed by atoms with Gasteiger partial charge in [0.15, 0.2) is 0 Å². The summed E-state index contributed by atoms with van der Waals surface area (Å²) < 4.78 is 15.6. The van der Waals surface area contributed by atoms with Crippen LogP contribution in [-0.2, 0) is 19.0 Å². The Kier molecular flexibility index (Phi) is 11.1. The SMILES string of the molecule is C#CCOC[C@@H](C[C@@H](COCOCC)NC(=O)c1ccc(Cl)cc1)C(=O)O. The van der Waals surface area contributed by atoms with Gasteiger partial charge in [-0.15, -0.1) is 6.42 Å². The van der Waals surface area contributed by atoms with Gasteiger partial charge in [-0.2, -0.15) is 0 Å². The highest BCUT2D eigenvalue weighted by Gasteiger charge is 2.25. The minimum atomic E-state index is -1.04. The number of terminal acetylenes is 1. The third kappa shape index (κ3) is 9.40. The highest BCUT2D eigenvalue weighted by Crippen LogP contribution is 2.12. The first kappa shape index (κ1) is 22.9. The van der Waals surface area contributed by atoms with Gasteiger partial charge in [0.2, 0.25) is 0 Å². The molecule has 2 atom stereocenters. The normalized spacial score (nSPS) is 12.8. The number of ether oxygens (including phenoxy) is 3. The van der Waals surface area contributed by atoms with Crippen molar-refractivity contribution in [2.24, 2.45) is 5.92 Å². The van der Waals surface area contributed by atoms with Gasteiger partial charge in [0.1, 0.15) is 13.4 Å². The first-order valence-electron chi connectivity index (χ1n) is 8.43. The molecule has 27 heavy (non-hydrogen) atoms. The summed E-state index contributed by atoms with van der Waals surface area (Å²) in [5.74, 6) is 0.0466. The minimum Gasteiger partial charge on any atom is -0.481 e. The largest absolute Gasteiger partial charge is 0.481 e. The summed E-state index contributed by atoms with van der Waals surface area (Å²) in [4.78, 5) is 23.9. The quantitative estimate of drug-likeness (QED) is 0.301. The topological polar surface area (TPSA) is 94.1 Å². The molecule has 0 bridgehead atoms. The number of benzene rings is 1. The van der Waals surface area contributed by atoms with Crippen LogP contribution in [0.1, 0.15) is 23.7 Å². The van der Waals surface area contributed by atoms with E-state index < -0.39 is 17.9 Å². The smallest absolute Gasteiger partial charge is 0.308 e.